The van der Waals surface area contributed by atoms with E-state index in [0.717, 1.165) is 18.5 Å². The maximum absolute atomic E-state index is 11.5. The molecule has 0 aliphatic carbocycles. The van der Waals surface area contributed by atoms with E-state index < -0.39 is 10.0 Å². The van der Waals surface area contributed by atoms with E-state index in [1.54, 1.807) is 6.20 Å². The molecule has 1 aromatic rings. The number of halogens is 1. The Kier molecular flexibility index (Phi) is 3.65. The molecule has 1 unspecified atom stereocenters. The molecule has 1 saturated heterocycles. The Labute approximate surface area is 106 Å². The lowest BCUT2D eigenvalue weighted by Crippen LogP contribution is -2.38. The molecule has 0 saturated carbocycles. The minimum absolute atomic E-state index is 0.0877. The SMILES string of the molecule is CS(=O)(=O)N1CCCC(c2cncc(Cl)n2)C1. The summed E-state index contributed by atoms with van der Waals surface area (Å²) in [5.74, 6) is 0.0877. The molecular formula is C10H14ClN3O2S. The van der Waals surface area contributed by atoms with Gasteiger partial charge >= 0.3 is 0 Å². The van der Waals surface area contributed by atoms with Gasteiger partial charge in [0.15, 0.2) is 0 Å². The zero-order valence-electron chi connectivity index (χ0n) is 9.50. The Morgan fingerprint density at radius 3 is 2.88 bits per heavy atom. The number of sulfonamides is 1. The predicted molar refractivity (Wildman–Crippen MR) is 65.4 cm³/mol. The summed E-state index contributed by atoms with van der Waals surface area (Å²) >= 11 is 5.78. The Morgan fingerprint density at radius 2 is 2.24 bits per heavy atom. The molecule has 1 fully saturated rings. The third-order valence-corrected chi connectivity index (χ3v) is 4.35. The smallest absolute Gasteiger partial charge is 0.211 e. The van der Waals surface area contributed by atoms with Crippen LogP contribution in [0.15, 0.2) is 12.4 Å². The fourth-order valence-electron chi connectivity index (χ4n) is 2.04. The first kappa shape index (κ1) is 12.7. The van der Waals surface area contributed by atoms with Gasteiger partial charge in [0.25, 0.3) is 0 Å². The summed E-state index contributed by atoms with van der Waals surface area (Å²) in [7, 11) is -3.12. The molecular weight excluding hydrogens is 262 g/mol. The maximum atomic E-state index is 11.5. The van der Waals surface area contributed by atoms with Gasteiger partial charge in [0.1, 0.15) is 5.15 Å². The van der Waals surface area contributed by atoms with Crippen LogP contribution in [0.2, 0.25) is 5.15 Å². The molecule has 1 aliphatic rings. The van der Waals surface area contributed by atoms with E-state index in [-0.39, 0.29) is 5.92 Å². The van der Waals surface area contributed by atoms with Crippen molar-refractivity contribution in [1.82, 2.24) is 14.3 Å². The first-order valence-electron chi connectivity index (χ1n) is 5.39. The van der Waals surface area contributed by atoms with Gasteiger partial charge in [-0.1, -0.05) is 11.6 Å². The molecule has 2 heterocycles. The number of piperidine rings is 1. The van der Waals surface area contributed by atoms with Crippen LogP contribution in [-0.4, -0.2) is 42.0 Å². The molecule has 0 bridgehead atoms. The van der Waals surface area contributed by atoms with Crippen molar-refractivity contribution in [3.8, 4) is 0 Å². The van der Waals surface area contributed by atoms with Crippen molar-refractivity contribution in [2.75, 3.05) is 19.3 Å². The van der Waals surface area contributed by atoms with Gasteiger partial charge < -0.3 is 0 Å². The second kappa shape index (κ2) is 4.88. The van der Waals surface area contributed by atoms with Gasteiger partial charge in [0.2, 0.25) is 10.0 Å². The van der Waals surface area contributed by atoms with E-state index in [2.05, 4.69) is 9.97 Å². The maximum Gasteiger partial charge on any atom is 0.211 e. The van der Waals surface area contributed by atoms with Crippen molar-refractivity contribution in [3.63, 3.8) is 0 Å². The number of nitrogens with zero attached hydrogens (tertiary/aromatic N) is 3. The predicted octanol–water partition coefficient (Wildman–Crippen LogP) is 1.27. The number of aromatic nitrogens is 2. The molecule has 94 valence electrons. The molecule has 0 amide bonds. The summed E-state index contributed by atoms with van der Waals surface area (Å²) in [6.45, 7) is 1.05. The van der Waals surface area contributed by atoms with Crippen molar-refractivity contribution in [2.45, 2.75) is 18.8 Å². The first-order chi connectivity index (χ1) is 7.97. The van der Waals surface area contributed by atoms with Gasteiger partial charge in [0, 0.05) is 25.2 Å². The largest absolute Gasteiger partial charge is 0.260 e. The number of rotatable bonds is 2. The van der Waals surface area contributed by atoms with Gasteiger partial charge in [0.05, 0.1) is 18.1 Å². The quantitative estimate of drug-likeness (QED) is 0.815. The van der Waals surface area contributed by atoms with Crippen LogP contribution in [0.1, 0.15) is 24.5 Å². The second-order valence-electron chi connectivity index (χ2n) is 4.23. The molecule has 0 N–H and O–H groups in total. The highest BCUT2D eigenvalue weighted by Crippen LogP contribution is 2.26. The topological polar surface area (TPSA) is 63.2 Å². The molecule has 1 aliphatic heterocycles. The minimum Gasteiger partial charge on any atom is -0.260 e. The van der Waals surface area contributed by atoms with Gasteiger partial charge in [-0.25, -0.2) is 17.7 Å². The van der Waals surface area contributed by atoms with E-state index in [4.69, 9.17) is 11.6 Å². The van der Waals surface area contributed by atoms with Crippen molar-refractivity contribution in [1.29, 1.82) is 0 Å². The fourth-order valence-corrected chi connectivity index (χ4v) is 3.10. The summed E-state index contributed by atoms with van der Waals surface area (Å²) < 4.78 is 24.5. The van der Waals surface area contributed by atoms with E-state index in [1.807, 2.05) is 0 Å². The van der Waals surface area contributed by atoms with E-state index >= 15 is 0 Å². The fraction of sp³-hybridized carbons (Fsp3) is 0.600. The number of hydrogen-bond acceptors (Lipinski definition) is 4. The van der Waals surface area contributed by atoms with Crippen molar-refractivity contribution in [3.05, 3.63) is 23.2 Å². The normalized spacial score (nSPS) is 22.6. The summed E-state index contributed by atoms with van der Waals surface area (Å²) in [5.41, 5.74) is 0.769. The Morgan fingerprint density at radius 1 is 1.47 bits per heavy atom. The van der Waals surface area contributed by atoms with Gasteiger partial charge in [-0.3, -0.25) is 4.98 Å². The van der Waals surface area contributed by atoms with Crippen molar-refractivity contribution < 1.29 is 8.42 Å². The molecule has 5 nitrogen and oxygen atoms in total. The average Bonchev–Trinajstić information content (AvgIpc) is 2.28. The molecule has 0 aromatic carbocycles. The molecule has 2 rings (SSSR count). The second-order valence-corrected chi connectivity index (χ2v) is 6.60. The van der Waals surface area contributed by atoms with E-state index in [9.17, 15) is 8.42 Å². The van der Waals surface area contributed by atoms with Gasteiger partial charge in [-0.05, 0) is 12.8 Å². The van der Waals surface area contributed by atoms with Crippen LogP contribution in [0.4, 0.5) is 0 Å². The van der Waals surface area contributed by atoms with Crippen LogP contribution >= 0.6 is 11.6 Å². The monoisotopic (exact) mass is 275 g/mol. The zero-order chi connectivity index (χ0) is 12.5. The van der Waals surface area contributed by atoms with Crippen LogP contribution in [0.25, 0.3) is 0 Å². The molecule has 1 aromatic heterocycles. The first-order valence-corrected chi connectivity index (χ1v) is 7.62. The van der Waals surface area contributed by atoms with Gasteiger partial charge in [-0.15, -0.1) is 0 Å². The zero-order valence-corrected chi connectivity index (χ0v) is 11.1. The molecule has 7 heteroatoms. The molecule has 1 atom stereocenters. The third-order valence-electron chi connectivity index (χ3n) is 2.90. The van der Waals surface area contributed by atoms with Crippen molar-refractivity contribution in [2.24, 2.45) is 0 Å². The Bertz CT molecular complexity index is 506. The van der Waals surface area contributed by atoms with Crippen LogP contribution in [0, 0.1) is 0 Å². The van der Waals surface area contributed by atoms with E-state index in [0.29, 0.717) is 18.2 Å². The van der Waals surface area contributed by atoms with Gasteiger partial charge in [-0.2, -0.15) is 0 Å². The Balaban J connectivity index is 2.18. The molecule has 17 heavy (non-hydrogen) atoms. The highest BCUT2D eigenvalue weighted by atomic mass is 35.5. The minimum atomic E-state index is -3.12. The lowest BCUT2D eigenvalue weighted by Gasteiger charge is -2.30. The van der Waals surface area contributed by atoms with Crippen LogP contribution < -0.4 is 0 Å². The standard InChI is InChI=1S/C10H14ClN3O2S/c1-17(15,16)14-4-2-3-8(7-14)9-5-12-6-10(11)13-9/h5-6,8H,2-4,7H2,1H3. The lowest BCUT2D eigenvalue weighted by atomic mass is 9.96. The highest BCUT2D eigenvalue weighted by Gasteiger charge is 2.27. The van der Waals surface area contributed by atoms with Crippen LogP contribution in [0.5, 0.6) is 0 Å². The third kappa shape index (κ3) is 3.14. The van der Waals surface area contributed by atoms with Crippen LogP contribution in [-0.2, 0) is 10.0 Å². The summed E-state index contributed by atoms with van der Waals surface area (Å²) in [4.78, 5) is 8.18. The Hall–Kier alpha value is -0.720. The van der Waals surface area contributed by atoms with E-state index in [1.165, 1.54) is 16.8 Å². The van der Waals surface area contributed by atoms with Crippen LogP contribution in [0.3, 0.4) is 0 Å². The summed E-state index contributed by atoms with van der Waals surface area (Å²) in [5, 5.41) is 0.346. The lowest BCUT2D eigenvalue weighted by molar-refractivity contribution is 0.314. The highest BCUT2D eigenvalue weighted by molar-refractivity contribution is 7.88. The number of hydrogen-bond donors (Lipinski definition) is 0. The summed E-state index contributed by atoms with van der Waals surface area (Å²) in [6, 6.07) is 0. The molecule has 0 radical (unpaired) electrons. The average molecular weight is 276 g/mol. The summed E-state index contributed by atoms with van der Waals surface area (Å²) in [6.07, 6.45) is 6.12. The van der Waals surface area contributed by atoms with Crippen molar-refractivity contribution >= 4 is 21.6 Å². The molecule has 0 spiro atoms.